The second-order valence-corrected chi connectivity index (χ2v) is 6.09. The second kappa shape index (κ2) is 5.46. The Morgan fingerprint density at radius 3 is 2.41 bits per heavy atom. The van der Waals surface area contributed by atoms with Gasteiger partial charge in [-0.25, -0.2) is 4.39 Å². The van der Waals surface area contributed by atoms with Crippen molar-refractivity contribution in [2.75, 3.05) is 0 Å². The molecule has 1 rings (SSSR count). The molecule has 0 radical (unpaired) electrons. The lowest BCUT2D eigenvalue weighted by Gasteiger charge is -2.30. The molecular weight excluding hydrogens is 287 g/mol. The van der Waals surface area contributed by atoms with Crippen LogP contribution in [0.2, 0.25) is 0 Å². The fraction of sp³-hybridized carbons (Fsp3) is 0.538. The molecule has 0 heterocycles. The van der Waals surface area contributed by atoms with Crippen LogP contribution in [0.4, 0.5) is 4.39 Å². The topological polar surface area (TPSA) is 40.5 Å². The summed E-state index contributed by atoms with van der Waals surface area (Å²) in [6.07, 6.45) is -1.54. The molecule has 2 unspecified atom stereocenters. The average Bonchev–Trinajstić information content (AvgIpc) is 2.22. The standard InChI is InChI=1S/C13H18BrFO2/c1-13(2,3)12(17)10(16)7-8-5-4-6-9(15)11(8)14/h4-6,10,12,16-17H,7H2,1-3H3. The summed E-state index contributed by atoms with van der Waals surface area (Å²) in [7, 11) is 0. The first kappa shape index (κ1) is 14.6. The first-order valence-corrected chi connectivity index (χ1v) is 6.32. The first-order chi connectivity index (χ1) is 7.73. The van der Waals surface area contributed by atoms with E-state index in [0.717, 1.165) is 0 Å². The van der Waals surface area contributed by atoms with Gasteiger partial charge in [-0.1, -0.05) is 32.9 Å². The summed E-state index contributed by atoms with van der Waals surface area (Å²) in [5, 5.41) is 19.8. The maximum absolute atomic E-state index is 13.3. The molecule has 0 saturated carbocycles. The SMILES string of the molecule is CC(C)(C)C(O)C(O)Cc1cccc(F)c1Br. The number of aliphatic hydroxyl groups excluding tert-OH is 2. The Bertz CT molecular complexity index is 387. The van der Waals surface area contributed by atoms with Crippen LogP contribution in [-0.2, 0) is 6.42 Å². The molecule has 1 aromatic carbocycles. The molecule has 0 amide bonds. The number of hydrogen-bond donors (Lipinski definition) is 2. The van der Waals surface area contributed by atoms with E-state index in [1.54, 1.807) is 12.1 Å². The molecule has 0 bridgehead atoms. The third-order valence-corrected chi connectivity index (χ3v) is 3.60. The molecule has 2 nitrogen and oxygen atoms in total. The van der Waals surface area contributed by atoms with Crippen LogP contribution in [-0.4, -0.2) is 22.4 Å². The Kier molecular flexibility index (Phi) is 4.69. The highest BCUT2D eigenvalue weighted by atomic mass is 79.9. The highest BCUT2D eigenvalue weighted by Crippen LogP contribution is 2.26. The molecule has 0 aliphatic carbocycles. The van der Waals surface area contributed by atoms with Crippen molar-refractivity contribution in [2.24, 2.45) is 5.41 Å². The van der Waals surface area contributed by atoms with Gasteiger partial charge < -0.3 is 10.2 Å². The minimum atomic E-state index is -0.909. The first-order valence-electron chi connectivity index (χ1n) is 5.52. The lowest BCUT2D eigenvalue weighted by Crippen LogP contribution is -2.38. The minimum Gasteiger partial charge on any atom is -0.390 e. The summed E-state index contributed by atoms with van der Waals surface area (Å²) < 4.78 is 13.6. The highest BCUT2D eigenvalue weighted by molar-refractivity contribution is 9.10. The Labute approximate surface area is 110 Å². The predicted molar refractivity (Wildman–Crippen MR) is 69.3 cm³/mol. The zero-order valence-corrected chi connectivity index (χ0v) is 11.8. The number of halogens is 2. The number of aliphatic hydroxyl groups is 2. The van der Waals surface area contributed by atoms with E-state index < -0.39 is 17.6 Å². The Morgan fingerprint density at radius 2 is 1.88 bits per heavy atom. The van der Waals surface area contributed by atoms with Gasteiger partial charge in [0, 0.05) is 6.42 Å². The monoisotopic (exact) mass is 304 g/mol. The molecule has 1 aromatic rings. The van der Waals surface area contributed by atoms with E-state index in [0.29, 0.717) is 10.0 Å². The van der Waals surface area contributed by atoms with Gasteiger partial charge in [-0.3, -0.25) is 0 Å². The fourth-order valence-corrected chi connectivity index (χ4v) is 2.05. The molecule has 0 aromatic heterocycles. The number of benzene rings is 1. The van der Waals surface area contributed by atoms with E-state index in [2.05, 4.69) is 15.9 Å². The van der Waals surface area contributed by atoms with Crippen LogP contribution in [0, 0.1) is 11.2 Å². The van der Waals surface area contributed by atoms with Gasteiger partial charge in [0.1, 0.15) is 5.82 Å². The van der Waals surface area contributed by atoms with Crippen LogP contribution in [0.5, 0.6) is 0 Å². The van der Waals surface area contributed by atoms with E-state index >= 15 is 0 Å². The maximum atomic E-state index is 13.3. The van der Waals surface area contributed by atoms with E-state index in [9.17, 15) is 14.6 Å². The van der Waals surface area contributed by atoms with Gasteiger partial charge in [0.2, 0.25) is 0 Å². The van der Waals surface area contributed by atoms with Crippen LogP contribution in [0.25, 0.3) is 0 Å². The summed E-state index contributed by atoms with van der Waals surface area (Å²) in [5.41, 5.74) is 0.250. The molecule has 0 saturated heterocycles. The van der Waals surface area contributed by atoms with Crippen LogP contribution in [0.15, 0.2) is 22.7 Å². The maximum Gasteiger partial charge on any atom is 0.137 e. The van der Waals surface area contributed by atoms with E-state index in [1.165, 1.54) is 6.07 Å². The number of rotatable bonds is 3. The predicted octanol–water partition coefficient (Wildman–Crippen LogP) is 2.90. The van der Waals surface area contributed by atoms with E-state index in [1.807, 2.05) is 20.8 Å². The Balaban J connectivity index is 2.81. The molecule has 0 aliphatic heterocycles. The summed E-state index contributed by atoms with van der Waals surface area (Å²) >= 11 is 3.14. The lowest BCUT2D eigenvalue weighted by molar-refractivity contribution is -0.0434. The van der Waals surface area contributed by atoms with Crippen LogP contribution in [0.3, 0.4) is 0 Å². The van der Waals surface area contributed by atoms with Gasteiger partial charge in [-0.05, 0) is 33.0 Å². The van der Waals surface area contributed by atoms with Crippen molar-refractivity contribution in [1.82, 2.24) is 0 Å². The van der Waals surface area contributed by atoms with Gasteiger partial charge in [0.05, 0.1) is 16.7 Å². The lowest BCUT2D eigenvalue weighted by atomic mass is 9.84. The van der Waals surface area contributed by atoms with Gasteiger partial charge in [-0.15, -0.1) is 0 Å². The average molecular weight is 305 g/mol. The molecule has 0 aliphatic rings. The molecule has 2 atom stereocenters. The normalized spacial score (nSPS) is 15.7. The zero-order valence-electron chi connectivity index (χ0n) is 10.2. The molecule has 2 N–H and O–H groups in total. The zero-order chi connectivity index (χ0) is 13.2. The molecule has 4 heteroatoms. The van der Waals surface area contributed by atoms with Crippen molar-refractivity contribution >= 4 is 15.9 Å². The third-order valence-electron chi connectivity index (χ3n) is 2.71. The summed E-state index contributed by atoms with van der Waals surface area (Å²) in [6.45, 7) is 5.55. The van der Waals surface area contributed by atoms with Crippen LogP contribution >= 0.6 is 15.9 Å². The van der Waals surface area contributed by atoms with Gasteiger partial charge in [0.15, 0.2) is 0 Å². The van der Waals surface area contributed by atoms with Gasteiger partial charge >= 0.3 is 0 Å². The van der Waals surface area contributed by atoms with E-state index in [-0.39, 0.29) is 12.2 Å². The number of hydrogen-bond acceptors (Lipinski definition) is 2. The van der Waals surface area contributed by atoms with Gasteiger partial charge in [0.25, 0.3) is 0 Å². The van der Waals surface area contributed by atoms with Gasteiger partial charge in [-0.2, -0.15) is 0 Å². The largest absolute Gasteiger partial charge is 0.390 e. The third kappa shape index (κ3) is 3.76. The molecule has 17 heavy (non-hydrogen) atoms. The van der Waals surface area contributed by atoms with E-state index in [4.69, 9.17) is 0 Å². The summed E-state index contributed by atoms with van der Waals surface area (Å²) in [6, 6.07) is 4.66. The summed E-state index contributed by atoms with van der Waals surface area (Å²) in [4.78, 5) is 0. The molecule has 96 valence electrons. The minimum absolute atomic E-state index is 0.219. The van der Waals surface area contributed by atoms with Crippen LogP contribution in [0.1, 0.15) is 26.3 Å². The van der Waals surface area contributed by atoms with Crippen molar-refractivity contribution in [3.05, 3.63) is 34.1 Å². The summed E-state index contributed by atoms with van der Waals surface area (Å²) in [5.74, 6) is -0.361. The molecule has 0 fully saturated rings. The Morgan fingerprint density at radius 1 is 1.29 bits per heavy atom. The van der Waals surface area contributed by atoms with Crippen molar-refractivity contribution in [2.45, 2.75) is 39.4 Å². The second-order valence-electron chi connectivity index (χ2n) is 5.30. The quantitative estimate of drug-likeness (QED) is 0.901. The van der Waals surface area contributed by atoms with Crippen molar-refractivity contribution < 1.29 is 14.6 Å². The smallest absolute Gasteiger partial charge is 0.137 e. The fourth-order valence-electron chi connectivity index (χ4n) is 1.62. The van der Waals surface area contributed by atoms with Crippen LogP contribution < -0.4 is 0 Å². The Hall–Kier alpha value is -0.450. The molecular formula is C13H18BrFO2. The highest BCUT2D eigenvalue weighted by Gasteiger charge is 2.29. The molecule has 0 spiro atoms. The van der Waals surface area contributed by atoms with Crippen molar-refractivity contribution in [1.29, 1.82) is 0 Å². The van der Waals surface area contributed by atoms with Crippen molar-refractivity contribution in [3.8, 4) is 0 Å². The van der Waals surface area contributed by atoms with Crippen molar-refractivity contribution in [3.63, 3.8) is 0 Å².